The molecule has 3 rings (SSSR count). The van der Waals surface area contributed by atoms with Gasteiger partial charge in [-0.1, -0.05) is 29.8 Å². The second-order valence-electron chi connectivity index (χ2n) is 5.12. The lowest BCUT2D eigenvalue weighted by Crippen LogP contribution is -2.31. The van der Waals surface area contributed by atoms with Crippen LogP contribution in [0.3, 0.4) is 0 Å². The number of carbonyl (C=O) groups excluding carboxylic acids is 2. The molecule has 0 N–H and O–H groups in total. The molecule has 0 radical (unpaired) electrons. The fourth-order valence-electron chi connectivity index (χ4n) is 2.87. The standard InChI is InChI=1S/C15H13ClFNO2/c16-12-6-3-7-13(17)11(12)8-18-14(19)9-4-1-2-5-10(9)15(18)20/h1-3,6-7,9-10H,4-5,8H2/t9-,10-/m0/s1. The molecule has 2 amide bonds. The molecule has 0 saturated carbocycles. The minimum absolute atomic E-state index is 0.0871. The number of allylic oxidation sites excluding steroid dienone is 2. The second kappa shape index (κ2) is 5.02. The fourth-order valence-corrected chi connectivity index (χ4v) is 3.09. The lowest BCUT2D eigenvalue weighted by Gasteiger charge is -2.16. The molecule has 1 aromatic carbocycles. The number of hydrogen-bond acceptors (Lipinski definition) is 2. The average molecular weight is 294 g/mol. The number of rotatable bonds is 2. The lowest BCUT2D eigenvalue weighted by atomic mass is 9.85. The molecule has 1 aromatic rings. The van der Waals surface area contributed by atoms with Crippen molar-refractivity contribution in [2.45, 2.75) is 19.4 Å². The van der Waals surface area contributed by atoms with Crippen LogP contribution in [-0.4, -0.2) is 16.7 Å². The summed E-state index contributed by atoms with van der Waals surface area (Å²) in [5.74, 6) is -1.52. The van der Waals surface area contributed by atoms with Gasteiger partial charge in [-0.25, -0.2) is 4.39 Å². The van der Waals surface area contributed by atoms with Crippen molar-refractivity contribution < 1.29 is 14.0 Å². The highest BCUT2D eigenvalue weighted by Crippen LogP contribution is 2.36. The summed E-state index contributed by atoms with van der Waals surface area (Å²) in [6.07, 6.45) is 5.01. The highest BCUT2D eigenvalue weighted by molar-refractivity contribution is 6.31. The molecule has 0 unspecified atom stereocenters. The predicted molar refractivity (Wildman–Crippen MR) is 72.3 cm³/mol. The van der Waals surface area contributed by atoms with E-state index in [-0.39, 0.29) is 40.8 Å². The third-order valence-corrected chi connectivity index (χ3v) is 4.33. The van der Waals surface area contributed by atoms with Crippen LogP contribution >= 0.6 is 11.6 Å². The highest BCUT2D eigenvalue weighted by Gasteiger charge is 2.47. The number of amides is 2. The number of hydrogen-bond donors (Lipinski definition) is 0. The summed E-state index contributed by atoms with van der Waals surface area (Å²) in [6, 6.07) is 4.33. The normalized spacial score (nSPS) is 25.2. The van der Waals surface area contributed by atoms with Crippen LogP contribution in [0.4, 0.5) is 4.39 Å². The van der Waals surface area contributed by atoms with Crippen LogP contribution < -0.4 is 0 Å². The van der Waals surface area contributed by atoms with Crippen LogP contribution in [0.5, 0.6) is 0 Å². The van der Waals surface area contributed by atoms with E-state index in [1.165, 1.54) is 12.1 Å². The Morgan fingerprint density at radius 2 is 1.75 bits per heavy atom. The number of benzene rings is 1. The number of halogens is 2. The minimum Gasteiger partial charge on any atom is -0.277 e. The molecule has 2 atom stereocenters. The van der Waals surface area contributed by atoms with E-state index in [2.05, 4.69) is 0 Å². The Balaban J connectivity index is 1.88. The summed E-state index contributed by atoms with van der Waals surface area (Å²) in [7, 11) is 0. The van der Waals surface area contributed by atoms with Gasteiger partial charge < -0.3 is 0 Å². The van der Waals surface area contributed by atoms with Gasteiger partial charge in [0.1, 0.15) is 5.82 Å². The first-order chi connectivity index (χ1) is 9.59. The molecule has 1 aliphatic carbocycles. The van der Waals surface area contributed by atoms with Crippen LogP contribution in [0.15, 0.2) is 30.4 Å². The van der Waals surface area contributed by atoms with Crippen molar-refractivity contribution in [2.24, 2.45) is 11.8 Å². The molecule has 1 aliphatic heterocycles. The number of carbonyl (C=O) groups is 2. The van der Waals surface area contributed by atoms with Crippen LogP contribution in [0.1, 0.15) is 18.4 Å². The Kier molecular flexibility index (Phi) is 3.34. The maximum Gasteiger partial charge on any atom is 0.233 e. The van der Waals surface area contributed by atoms with Crippen molar-refractivity contribution in [3.05, 3.63) is 46.8 Å². The van der Waals surface area contributed by atoms with E-state index in [4.69, 9.17) is 11.6 Å². The maximum absolute atomic E-state index is 13.8. The van der Waals surface area contributed by atoms with Crippen LogP contribution in [-0.2, 0) is 16.1 Å². The summed E-state index contributed by atoms with van der Waals surface area (Å²) in [5, 5.41) is 0.235. The SMILES string of the molecule is O=C1[C@H]2CC=CC[C@@H]2C(=O)N1Cc1c(F)cccc1Cl. The Bertz CT molecular complexity index is 568. The van der Waals surface area contributed by atoms with E-state index >= 15 is 0 Å². The van der Waals surface area contributed by atoms with Crippen LogP contribution in [0.2, 0.25) is 5.02 Å². The van der Waals surface area contributed by atoms with E-state index in [0.29, 0.717) is 12.8 Å². The first kappa shape index (κ1) is 13.3. The highest BCUT2D eigenvalue weighted by atomic mass is 35.5. The van der Waals surface area contributed by atoms with Gasteiger partial charge in [0, 0.05) is 10.6 Å². The van der Waals surface area contributed by atoms with Gasteiger partial charge in [0.2, 0.25) is 11.8 Å². The molecule has 20 heavy (non-hydrogen) atoms. The van der Waals surface area contributed by atoms with Crippen LogP contribution in [0.25, 0.3) is 0 Å². The molecular weight excluding hydrogens is 281 g/mol. The van der Waals surface area contributed by atoms with Crippen LogP contribution in [0, 0.1) is 17.7 Å². The Morgan fingerprint density at radius 3 is 2.30 bits per heavy atom. The fraction of sp³-hybridized carbons (Fsp3) is 0.333. The van der Waals surface area contributed by atoms with E-state index < -0.39 is 5.82 Å². The summed E-state index contributed by atoms with van der Waals surface area (Å²) in [4.78, 5) is 25.7. The van der Waals surface area contributed by atoms with Crippen molar-refractivity contribution in [3.63, 3.8) is 0 Å². The molecule has 5 heteroatoms. The molecule has 0 spiro atoms. The quantitative estimate of drug-likeness (QED) is 0.621. The smallest absolute Gasteiger partial charge is 0.233 e. The van der Waals surface area contributed by atoms with Gasteiger partial charge in [-0.2, -0.15) is 0 Å². The third-order valence-electron chi connectivity index (χ3n) is 3.98. The Labute approximate surface area is 121 Å². The predicted octanol–water partition coefficient (Wildman–Crippen LogP) is 2.93. The molecule has 1 fully saturated rings. The van der Waals surface area contributed by atoms with Gasteiger partial charge in [0.05, 0.1) is 18.4 Å². The molecule has 104 valence electrons. The van der Waals surface area contributed by atoms with Gasteiger partial charge in [-0.3, -0.25) is 14.5 Å². The summed E-state index contributed by atoms with van der Waals surface area (Å²) in [6.45, 7) is -0.0871. The zero-order chi connectivity index (χ0) is 14.3. The zero-order valence-corrected chi connectivity index (χ0v) is 11.4. The number of fused-ring (bicyclic) bond motifs is 1. The van der Waals surface area contributed by atoms with Gasteiger partial charge in [-0.05, 0) is 25.0 Å². The molecule has 0 aromatic heterocycles. The third kappa shape index (κ3) is 2.04. The average Bonchev–Trinajstić information content (AvgIpc) is 2.68. The molecule has 1 heterocycles. The monoisotopic (exact) mass is 293 g/mol. The molecule has 1 saturated heterocycles. The molecule has 0 bridgehead atoms. The van der Waals surface area contributed by atoms with Crippen molar-refractivity contribution >= 4 is 23.4 Å². The van der Waals surface area contributed by atoms with E-state index in [1.54, 1.807) is 6.07 Å². The van der Waals surface area contributed by atoms with Crippen molar-refractivity contribution in [3.8, 4) is 0 Å². The zero-order valence-electron chi connectivity index (χ0n) is 10.7. The Morgan fingerprint density at radius 1 is 1.15 bits per heavy atom. The lowest BCUT2D eigenvalue weighted by molar-refractivity contribution is -0.140. The van der Waals surface area contributed by atoms with E-state index in [0.717, 1.165) is 4.90 Å². The number of nitrogens with zero attached hydrogens (tertiary/aromatic N) is 1. The minimum atomic E-state index is -0.494. The first-order valence-corrected chi connectivity index (χ1v) is 6.90. The number of imide groups is 1. The largest absolute Gasteiger partial charge is 0.277 e. The van der Waals surface area contributed by atoms with Gasteiger partial charge >= 0.3 is 0 Å². The summed E-state index contributed by atoms with van der Waals surface area (Å²) >= 11 is 5.95. The van der Waals surface area contributed by atoms with Crippen molar-refractivity contribution in [1.29, 1.82) is 0 Å². The first-order valence-electron chi connectivity index (χ1n) is 6.52. The maximum atomic E-state index is 13.8. The number of likely N-dealkylation sites (tertiary alicyclic amines) is 1. The van der Waals surface area contributed by atoms with E-state index in [9.17, 15) is 14.0 Å². The van der Waals surface area contributed by atoms with Crippen molar-refractivity contribution in [2.75, 3.05) is 0 Å². The van der Waals surface area contributed by atoms with Crippen molar-refractivity contribution in [1.82, 2.24) is 4.90 Å². The topological polar surface area (TPSA) is 37.4 Å². The van der Waals surface area contributed by atoms with E-state index in [1.807, 2.05) is 12.2 Å². The van der Waals surface area contributed by atoms with Gasteiger partial charge in [0.25, 0.3) is 0 Å². The van der Waals surface area contributed by atoms with Gasteiger partial charge in [-0.15, -0.1) is 0 Å². The second-order valence-corrected chi connectivity index (χ2v) is 5.53. The molecule has 2 aliphatic rings. The molecular formula is C15H13ClFNO2. The molecule has 3 nitrogen and oxygen atoms in total. The van der Waals surface area contributed by atoms with Gasteiger partial charge in [0.15, 0.2) is 0 Å². The summed E-state index contributed by atoms with van der Waals surface area (Å²) < 4.78 is 13.8. The Hall–Kier alpha value is -1.68. The summed E-state index contributed by atoms with van der Waals surface area (Å²) in [5.41, 5.74) is 0.197.